The molecule has 3 rings (SSSR count). The number of rotatable bonds is 12. The fourth-order valence-corrected chi connectivity index (χ4v) is 3.77. The molecule has 1 saturated heterocycles. The van der Waals surface area contributed by atoms with Crippen molar-refractivity contribution in [2.75, 3.05) is 18.4 Å². The van der Waals surface area contributed by atoms with E-state index < -0.39 is 54.1 Å². The van der Waals surface area contributed by atoms with Crippen LogP contribution in [0.2, 0.25) is 0 Å². The van der Waals surface area contributed by atoms with Crippen LogP contribution in [0, 0.1) is 0 Å². The van der Waals surface area contributed by atoms with Gasteiger partial charge < -0.3 is 35.1 Å². The molecule has 14 heteroatoms. The van der Waals surface area contributed by atoms with Gasteiger partial charge in [0.25, 0.3) is 11.8 Å². The standard InChI is InChI=1S/C25H29N3O11.C2H6/c1-14(29)37-13-15-2-3-18(38-24-12-16(30)11-19(39-24)25(35)36)17(10-15)27-21(32)6-8-26-20(31)7-9-28-22(33)4-5-23(28)34;1-2/h2-5,10,16,19,24,30H,6-9,11-13H2,1H3,(H,26,31)(H,27,32)(H,35,36);1-2H3. The number of ether oxygens (including phenoxy) is 3. The van der Waals surface area contributed by atoms with Gasteiger partial charge in [0, 0.05) is 57.8 Å². The van der Waals surface area contributed by atoms with Gasteiger partial charge in [0.15, 0.2) is 6.10 Å². The summed E-state index contributed by atoms with van der Waals surface area (Å²) in [7, 11) is 0. The first kappa shape index (κ1) is 32.9. The third kappa shape index (κ3) is 10.7. The number of hydrogen-bond acceptors (Lipinski definition) is 10. The molecule has 0 bridgehead atoms. The average molecular weight is 578 g/mol. The van der Waals surface area contributed by atoms with Crippen LogP contribution < -0.4 is 15.4 Å². The maximum atomic E-state index is 12.6. The summed E-state index contributed by atoms with van der Waals surface area (Å²) in [4.78, 5) is 71.2. The van der Waals surface area contributed by atoms with E-state index in [0.717, 1.165) is 17.1 Å². The Morgan fingerprint density at radius 1 is 1.05 bits per heavy atom. The van der Waals surface area contributed by atoms with E-state index >= 15 is 0 Å². The zero-order valence-electron chi connectivity index (χ0n) is 23.1. The van der Waals surface area contributed by atoms with Crippen molar-refractivity contribution < 1.29 is 53.2 Å². The van der Waals surface area contributed by atoms with Crippen LogP contribution in [0.4, 0.5) is 5.69 Å². The Kier molecular flexibility index (Phi) is 12.9. The maximum Gasteiger partial charge on any atom is 0.333 e. The zero-order chi connectivity index (χ0) is 30.5. The molecule has 0 aliphatic carbocycles. The molecule has 0 spiro atoms. The second-order valence-corrected chi connectivity index (χ2v) is 8.81. The van der Waals surface area contributed by atoms with Gasteiger partial charge in [-0.25, -0.2) is 4.79 Å². The van der Waals surface area contributed by atoms with Crippen LogP contribution >= 0.6 is 0 Å². The van der Waals surface area contributed by atoms with Crippen LogP contribution in [-0.2, 0) is 44.8 Å². The fraction of sp³-hybridized carbons (Fsp3) is 0.481. The molecule has 41 heavy (non-hydrogen) atoms. The molecule has 2 heterocycles. The molecule has 2 aliphatic rings. The minimum absolute atomic E-state index is 0.00306. The minimum Gasteiger partial charge on any atom is -0.479 e. The lowest BCUT2D eigenvalue weighted by Crippen LogP contribution is -2.42. The van der Waals surface area contributed by atoms with Gasteiger partial charge in [-0.15, -0.1) is 0 Å². The number of imide groups is 1. The number of carbonyl (C=O) groups is 6. The van der Waals surface area contributed by atoms with Crippen molar-refractivity contribution in [1.29, 1.82) is 0 Å². The van der Waals surface area contributed by atoms with Crippen LogP contribution in [0.15, 0.2) is 30.4 Å². The number of hydrogen-bond donors (Lipinski definition) is 4. The van der Waals surface area contributed by atoms with Crippen molar-refractivity contribution >= 4 is 41.3 Å². The Morgan fingerprint density at radius 3 is 2.37 bits per heavy atom. The molecule has 4 amide bonds. The third-order valence-corrected chi connectivity index (χ3v) is 5.70. The number of aliphatic hydroxyl groups is 1. The first-order valence-electron chi connectivity index (χ1n) is 13.1. The number of carbonyl (C=O) groups excluding carboxylic acids is 5. The number of carboxylic acid groups (broad SMARTS) is 1. The Balaban J connectivity index is 0.00000287. The van der Waals surface area contributed by atoms with Crippen molar-refractivity contribution in [2.45, 2.75) is 71.6 Å². The molecule has 0 aromatic heterocycles. The predicted octanol–water partition coefficient (Wildman–Crippen LogP) is 0.865. The van der Waals surface area contributed by atoms with Crippen LogP contribution in [0.1, 0.15) is 52.0 Å². The normalized spacial score (nSPS) is 19.6. The van der Waals surface area contributed by atoms with E-state index in [1.165, 1.54) is 19.1 Å². The van der Waals surface area contributed by atoms with E-state index in [4.69, 9.17) is 14.2 Å². The maximum absolute atomic E-state index is 12.6. The Bertz CT molecular complexity index is 1150. The first-order chi connectivity index (χ1) is 19.5. The number of benzene rings is 1. The van der Waals surface area contributed by atoms with Crippen molar-refractivity contribution in [3.63, 3.8) is 0 Å². The summed E-state index contributed by atoms with van der Waals surface area (Å²) >= 11 is 0. The molecule has 4 N–H and O–H groups in total. The van der Waals surface area contributed by atoms with Crippen LogP contribution in [0.25, 0.3) is 0 Å². The summed E-state index contributed by atoms with van der Waals surface area (Å²) in [5.74, 6) is -3.58. The molecule has 1 aromatic carbocycles. The zero-order valence-corrected chi connectivity index (χ0v) is 23.1. The second kappa shape index (κ2) is 16.1. The van der Waals surface area contributed by atoms with E-state index in [9.17, 15) is 39.0 Å². The fourth-order valence-electron chi connectivity index (χ4n) is 3.77. The summed E-state index contributed by atoms with van der Waals surface area (Å²) in [5, 5.41) is 24.4. The van der Waals surface area contributed by atoms with Gasteiger partial charge in [-0.05, 0) is 17.7 Å². The minimum atomic E-state index is -1.26. The predicted molar refractivity (Wildman–Crippen MR) is 142 cm³/mol. The van der Waals surface area contributed by atoms with E-state index in [-0.39, 0.29) is 56.8 Å². The first-order valence-corrected chi connectivity index (χ1v) is 13.1. The van der Waals surface area contributed by atoms with Gasteiger partial charge in [-0.3, -0.25) is 28.9 Å². The Morgan fingerprint density at radius 2 is 1.73 bits per heavy atom. The summed E-state index contributed by atoms with van der Waals surface area (Å²) in [6.07, 6.45) is -1.43. The number of anilines is 1. The summed E-state index contributed by atoms with van der Waals surface area (Å²) < 4.78 is 16.1. The van der Waals surface area contributed by atoms with Crippen LogP contribution in [0.5, 0.6) is 5.75 Å². The smallest absolute Gasteiger partial charge is 0.333 e. The summed E-state index contributed by atoms with van der Waals surface area (Å²) in [6, 6.07) is 4.56. The van der Waals surface area contributed by atoms with Crippen molar-refractivity contribution in [2.24, 2.45) is 0 Å². The van der Waals surface area contributed by atoms with Gasteiger partial charge in [0.2, 0.25) is 18.1 Å². The number of aliphatic hydroxyl groups excluding tert-OH is 1. The van der Waals surface area contributed by atoms with E-state index in [1.54, 1.807) is 6.07 Å². The van der Waals surface area contributed by atoms with Crippen molar-refractivity contribution in [3.8, 4) is 5.75 Å². The van der Waals surface area contributed by atoms with Crippen molar-refractivity contribution in [1.82, 2.24) is 10.2 Å². The largest absolute Gasteiger partial charge is 0.479 e. The quantitative estimate of drug-likeness (QED) is 0.203. The molecule has 224 valence electrons. The number of esters is 1. The van der Waals surface area contributed by atoms with E-state index in [0.29, 0.717) is 5.56 Å². The molecular formula is C27H35N3O11. The molecular weight excluding hydrogens is 542 g/mol. The Labute approximate surface area is 236 Å². The van der Waals surface area contributed by atoms with Crippen LogP contribution in [0.3, 0.4) is 0 Å². The van der Waals surface area contributed by atoms with Gasteiger partial charge in [0.1, 0.15) is 12.4 Å². The molecule has 2 aliphatic heterocycles. The lowest BCUT2D eigenvalue weighted by atomic mass is 10.1. The Hall–Kier alpha value is -4.30. The number of nitrogens with zero attached hydrogens (tertiary/aromatic N) is 1. The highest BCUT2D eigenvalue weighted by atomic mass is 16.7. The second-order valence-electron chi connectivity index (χ2n) is 8.81. The van der Waals surface area contributed by atoms with E-state index in [2.05, 4.69) is 10.6 Å². The van der Waals surface area contributed by atoms with Crippen LogP contribution in [-0.4, -0.2) is 82.3 Å². The molecule has 3 atom stereocenters. The van der Waals surface area contributed by atoms with Gasteiger partial charge in [-0.1, -0.05) is 19.9 Å². The monoisotopic (exact) mass is 577 g/mol. The molecule has 1 aromatic rings. The summed E-state index contributed by atoms with van der Waals surface area (Å²) in [5.41, 5.74) is 0.694. The topological polar surface area (TPSA) is 198 Å². The van der Waals surface area contributed by atoms with Crippen molar-refractivity contribution in [3.05, 3.63) is 35.9 Å². The number of nitrogens with one attached hydrogen (secondary N) is 2. The third-order valence-electron chi connectivity index (χ3n) is 5.70. The number of amides is 4. The number of aliphatic carboxylic acids is 1. The highest BCUT2D eigenvalue weighted by Crippen LogP contribution is 2.30. The average Bonchev–Trinajstić information content (AvgIpc) is 3.24. The molecule has 3 unspecified atom stereocenters. The highest BCUT2D eigenvalue weighted by molar-refractivity contribution is 6.13. The molecule has 1 fully saturated rings. The highest BCUT2D eigenvalue weighted by Gasteiger charge is 2.34. The van der Waals surface area contributed by atoms with Gasteiger partial charge >= 0.3 is 11.9 Å². The molecule has 0 radical (unpaired) electrons. The SMILES string of the molecule is CC.CC(=O)OCc1ccc(OC2CC(O)CC(C(=O)O)O2)c(NC(=O)CCNC(=O)CCN2C(=O)C=CC2=O)c1. The van der Waals surface area contributed by atoms with Gasteiger partial charge in [-0.2, -0.15) is 0 Å². The summed E-state index contributed by atoms with van der Waals surface area (Å²) in [6.45, 7) is 5.05. The lowest BCUT2D eigenvalue weighted by Gasteiger charge is -2.31. The number of carboxylic acids is 1. The lowest BCUT2D eigenvalue weighted by molar-refractivity contribution is -0.195. The molecule has 14 nitrogen and oxygen atoms in total. The molecule has 0 saturated carbocycles. The van der Waals surface area contributed by atoms with Gasteiger partial charge in [0.05, 0.1) is 11.8 Å². The van der Waals surface area contributed by atoms with E-state index in [1.807, 2.05) is 13.8 Å².